The standard InChI is InChI=1S/C2H7N5.CH2N2O3S/c3-1(4)7-2(5)6;2-1(4)3-7(5)6/h(H7,3,4,5,6,7);(H2,2,4). The molecule has 0 saturated carbocycles. The van der Waals surface area contributed by atoms with Crippen molar-refractivity contribution in [2.45, 2.75) is 0 Å². The highest BCUT2D eigenvalue weighted by atomic mass is 32.2. The van der Waals surface area contributed by atoms with Crippen LogP contribution in [0, 0.1) is 10.8 Å². The predicted molar refractivity (Wildman–Crippen MR) is 47.9 cm³/mol. The van der Waals surface area contributed by atoms with Gasteiger partial charge in [-0.2, -0.15) is 8.42 Å². The number of amides is 2. The maximum absolute atomic E-state index is 9.47. The monoisotopic (exact) mass is 223 g/mol. The van der Waals surface area contributed by atoms with Gasteiger partial charge in [-0.25, -0.2) is 4.79 Å². The number of nitrogens with two attached hydrogens (primary N) is 3. The van der Waals surface area contributed by atoms with E-state index >= 15 is 0 Å². The van der Waals surface area contributed by atoms with Gasteiger partial charge in [-0.05, 0) is 0 Å². The minimum atomic E-state index is -2.70. The Hall–Kier alpha value is -2.17. The number of urea groups is 1. The summed E-state index contributed by atoms with van der Waals surface area (Å²) in [5.41, 5.74) is 13.8. The van der Waals surface area contributed by atoms with Crippen molar-refractivity contribution >= 4 is 28.5 Å². The van der Waals surface area contributed by atoms with Gasteiger partial charge in [-0.3, -0.25) is 16.1 Å². The summed E-state index contributed by atoms with van der Waals surface area (Å²) in [6.07, 6.45) is 0. The molecule has 0 aromatic rings. The highest BCUT2D eigenvalue weighted by molar-refractivity contribution is 7.62. The van der Waals surface area contributed by atoms with Gasteiger partial charge in [0.15, 0.2) is 11.9 Å². The molecule has 80 valence electrons. The van der Waals surface area contributed by atoms with Crippen LogP contribution in [0.5, 0.6) is 0 Å². The van der Waals surface area contributed by atoms with Crippen molar-refractivity contribution in [2.75, 3.05) is 0 Å². The maximum atomic E-state index is 9.47. The molecule has 0 unspecified atom stereocenters. The van der Waals surface area contributed by atoms with Crippen LogP contribution in [0.1, 0.15) is 0 Å². The molecule has 9 N–H and O–H groups in total. The van der Waals surface area contributed by atoms with Crippen LogP contribution in [0.3, 0.4) is 0 Å². The van der Waals surface area contributed by atoms with Crippen molar-refractivity contribution < 1.29 is 13.2 Å². The lowest BCUT2D eigenvalue weighted by molar-refractivity contribution is 0.257. The average molecular weight is 223 g/mol. The van der Waals surface area contributed by atoms with E-state index in [0.29, 0.717) is 0 Å². The Balaban J connectivity index is 0. The molecule has 0 spiro atoms. The van der Waals surface area contributed by atoms with E-state index in [0.717, 1.165) is 0 Å². The topological polar surface area (TPSA) is 201 Å². The SMILES string of the molecule is N=C(N)NC(=N)N.NC(=O)N=S(=O)=O. The zero-order chi connectivity index (χ0) is 11.7. The molecule has 11 heteroatoms. The Morgan fingerprint density at radius 1 is 1.14 bits per heavy atom. The van der Waals surface area contributed by atoms with Gasteiger partial charge in [0.25, 0.3) is 0 Å². The number of rotatable bonds is 0. The number of carbonyl (C=O) groups is 1. The van der Waals surface area contributed by atoms with Crippen LogP contribution >= 0.6 is 0 Å². The molecule has 0 atom stereocenters. The van der Waals surface area contributed by atoms with Crippen molar-refractivity contribution in [3.05, 3.63) is 0 Å². The highest BCUT2D eigenvalue weighted by Gasteiger charge is 1.83. The number of hydrogen-bond acceptors (Lipinski definition) is 5. The summed E-state index contributed by atoms with van der Waals surface area (Å²) in [5, 5.41) is 15.0. The Labute approximate surface area is 80.2 Å². The van der Waals surface area contributed by atoms with Gasteiger partial charge >= 0.3 is 16.5 Å². The minimum absolute atomic E-state index is 0.312. The van der Waals surface area contributed by atoms with Crippen molar-refractivity contribution in [1.29, 1.82) is 10.8 Å². The van der Waals surface area contributed by atoms with E-state index in [1.807, 2.05) is 5.32 Å². The van der Waals surface area contributed by atoms with E-state index in [4.69, 9.17) is 22.3 Å². The lowest BCUT2D eigenvalue weighted by atomic mass is 10.9. The third-order valence-corrected chi connectivity index (χ3v) is 0.763. The molecule has 0 aliphatic heterocycles. The summed E-state index contributed by atoms with van der Waals surface area (Å²) in [4.78, 5) is 9.47. The largest absolute Gasteiger partial charge is 0.370 e. The number of guanidine groups is 2. The number of primary amides is 1. The van der Waals surface area contributed by atoms with E-state index in [2.05, 4.69) is 10.1 Å². The van der Waals surface area contributed by atoms with Gasteiger partial charge in [0, 0.05) is 0 Å². The molecule has 0 fully saturated rings. The Morgan fingerprint density at radius 3 is 1.50 bits per heavy atom. The fourth-order valence-electron chi connectivity index (χ4n) is 0.219. The van der Waals surface area contributed by atoms with Crippen molar-refractivity contribution in [3.8, 4) is 0 Å². The first-order chi connectivity index (χ1) is 6.25. The van der Waals surface area contributed by atoms with Crippen LogP contribution in [0.4, 0.5) is 4.79 Å². The van der Waals surface area contributed by atoms with Crippen LogP contribution in [-0.4, -0.2) is 26.4 Å². The number of carbonyl (C=O) groups excluding carboxylic acids is 1. The minimum Gasteiger partial charge on any atom is -0.370 e. The average Bonchev–Trinajstić information content (AvgIpc) is 1.79. The molecule has 0 aromatic carbocycles. The third-order valence-electron chi connectivity index (χ3n) is 0.434. The van der Waals surface area contributed by atoms with Gasteiger partial charge in [-0.15, -0.1) is 0 Å². The van der Waals surface area contributed by atoms with Gasteiger partial charge in [0.2, 0.25) is 0 Å². The molecule has 0 aliphatic carbocycles. The van der Waals surface area contributed by atoms with Crippen LogP contribution in [-0.2, 0) is 10.5 Å². The number of nitrogens with zero attached hydrogens (tertiary/aromatic N) is 1. The molecular formula is C3H9N7O3S. The lowest BCUT2D eigenvalue weighted by Gasteiger charge is -1.95. The summed E-state index contributed by atoms with van der Waals surface area (Å²) in [7, 11) is -2.70. The maximum Gasteiger partial charge on any atom is 0.353 e. The van der Waals surface area contributed by atoms with Gasteiger partial charge < -0.3 is 17.2 Å². The molecule has 0 aliphatic rings. The lowest BCUT2D eigenvalue weighted by Crippen LogP contribution is -2.39. The summed E-state index contributed by atoms with van der Waals surface area (Å²) < 4.78 is 21.0. The molecule has 0 heterocycles. The molecule has 10 nitrogen and oxygen atoms in total. The van der Waals surface area contributed by atoms with Gasteiger partial charge in [0.05, 0.1) is 0 Å². The predicted octanol–water partition coefficient (Wildman–Crippen LogP) is -2.51. The zero-order valence-electron chi connectivity index (χ0n) is 6.81. The van der Waals surface area contributed by atoms with Gasteiger partial charge in [0.1, 0.15) is 0 Å². The second kappa shape index (κ2) is 7.48. The molecule has 0 bridgehead atoms. The van der Waals surface area contributed by atoms with E-state index in [1.54, 1.807) is 0 Å². The van der Waals surface area contributed by atoms with Crippen LogP contribution in [0.15, 0.2) is 4.36 Å². The summed E-state index contributed by atoms with van der Waals surface area (Å²) in [6, 6.07) is -1.20. The van der Waals surface area contributed by atoms with Crippen LogP contribution < -0.4 is 22.5 Å². The summed E-state index contributed by atoms with van der Waals surface area (Å²) in [5.74, 6) is -0.625. The van der Waals surface area contributed by atoms with E-state index in [9.17, 15) is 13.2 Å². The quantitative estimate of drug-likeness (QED) is 0.193. The smallest absolute Gasteiger partial charge is 0.353 e. The first kappa shape index (κ1) is 14.4. The molecule has 0 radical (unpaired) electrons. The van der Waals surface area contributed by atoms with Gasteiger partial charge in [-0.1, -0.05) is 4.36 Å². The first-order valence-electron chi connectivity index (χ1n) is 2.81. The van der Waals surface area contributed by atoms with E-state index < -0.39 is 16.5 Å². The molecule has 0 rings (SSSR count). The normalized spacial score (nSPS) is 7.43. The Bertz CT molecular complexity index is 336. The summed E-state index contributed by atoms with van der Waals surface area (Å²) in [6.45, 7) is 0. The molecule has 2 amide bonds. The Morgan fingerprint density at radius 2 is 1.50 bits per heavy atom. The number of nitrogens with one attached hydrogen (secondary N) is 3. The highest BCUT2D eigenvalue weighted by Crippen LogP contribution is 1.60. The first-order valence-corrected chi connectivity index (χ1v) is 3.84. The van der Waals surface area contributed by atoms with Crippen LogP contribution in [0.2, 0.25) is 0 Å². The number of hydrogen-bond donors (Lipinski definition) is 6. The fourth-order valence-corrected chi connectivity index (χ4v) is 0.365. The second-order valence-corrected chi connectivity index (χ2v) is 2.22. The zero-order valence-corrected chi connectivity index (χ0v) is 7.63. The molecule has 14 heavy (non-hydrogen) atoms. The fraction of sp³-hybridized carbons (Fsp3) is 0. The van der Waals surface area contributed by atoms with Crippen molar-refractivity contribution in [1.82, 2.24) is 5.32 Å². The van der Waals surface area contributed by atoms with E-state index in [-0.39, 0.29) is 11.9 Å². The van der Waals surface area contributed by atoms with Crippen molar-refractivity contribution in [2.24, 2.45) is 21.6 Å². The van der Waals surface area contributed by atoms with Crippen LogP contribution in [0.25, 0.3) is 0 Å². The molecular weight excluding hydrogens is 214 g/mol. The summed E-state index contributed by atoms with van der Waals surface area (Å²) >= 11 is 0. The Kier molecular flexibility index (Phi) is 7.67. The van der Waals surface area contributed by atoms with E-state index in [1.165, 1.54) is 0 Å². The third kappa shape index (κ3) is 22.5. The van der Waals surface area contributed by atoms with Crippen molar-refractivity contribution in [3.63, 3.8) is 0 Å². The molecule has 0 aromatic heterocycles. The second-order valence-electron chi connectivity index (χ2n) is 1.60. The molecule has 0 saturated heterocycles.